The van der Waals surface area contributed by atoms with Crippen LogP contribution in [0.1, 0.15) is 31.9 Å². The summed E-state index contributed by atoms with van der Waals surface area (Å²) in [6, 6.07) is 17.2. The highest BCUT2D eigenvalue weighted by molar-refractivity contribution is 7.92. The molecule has 1 atom stereocenters. The van der Waals surface area contributed by atoms with E-state index < -0.39 is 34.3 Å². The molecule has 10 heteroatoms. The standard InChI is InChI=1S/C29H33ClFN3O4S/c1-20(2)17-32-29(36)22(4)33(18-23-11-14-25(31)15-12-23)28(35)19-34(27-16-24(30)13-10-21(27)3)39(37,38)26-8-6-5-7-9-26/h5-16,20,22H,17-19H2,1-4H3,(H,32,36). The number of rotatable bonds is 11. The van der Waals surface area contributed by atoms with E-state index in [0.29, 0.717) is 22.7 Å². The van der Waals surface area contributed by atoms with Gasteiger partial charge in [0.2, 0.25) is 11.8 Å². The molecular formula is C29H33ClFN3O4S. The topological polar surface area (TPSA) is 86.8 Å². The van der Waals surface area contributed by atoms with Gasteiger partial charge in [-0.2, -0.15) is 0 Å². The second-order valence-corrected chi connectivity index (χ2v) is 12.0. The molecular weight excluding hydrogens is 541 g/mol. The quantitative estimate of drug-likeness (QED) is 0.343. The molecule has 0 aromatic heterocycles. The fourth-order valence-electron chi connectivity index (χ4n) is 3.91. The fraction of sp³-hybridized carbons (Fsp3) is 0.310. The monoisotopic (exact) mass is 573 g/mol. The number of aryl methyl sites for hydroxylation is 1. The van der Waals surface area contributed by atoms with Crippen molar-refractivity contribution in [1.29, 1.82) is 0 Å². The van der Waals surface area contributed by atoms with Gasteiger partial charge in [0.15, 0.2) is 0 Å². The first kappa shape index (κ1) is 30.1. The number of hydrogen-bond acceptors (Lipinski definition) is 4. The van der Waals surface area contributed by atoms with Crippen molar-refractivity contribution in [1.82, 2.24) is 10.2 Å². The first-order valence-electron chi connectivity index (χ1n) is 12.6. The van der Waals surface area contributed by atoms with E-state index in [2.05, 4.69) is 5.32 Å². The van der Waals surface area contributed by atoms with E-state index in [1.54, 1.807) is 44.2 Å². The van der Waals surface area contributed by atoms with Gasteiger partial charge in [0.25, 0.3) is 10.0 Å². The summed E-state index contributed by atoms with van der Waals surface area (Å²) < 4.78 is 42.2. The number of halogens is 2. The third-order valence-corrected chi connectivity index (χ3v) is 8.18. The van der Waals surface area contributed by atoms with Gasteiger partial charge in [-0.1, -0.05) is 61.8 Å². The number of benzene rings is 3. The van der Waals surface area contributed by atoms with Gasteiger partial charge in [0.05, 0.1) is 10.6 Å². The molecule has 0 spiro atoms. The van der Waals surface area contributed by atoms with Crippen LogP contribution in [0.2, 0.25) is 5.02 Å². The van der Waals surface area contributed by atoms with E-state index in [0.717, 1.165) is 4.31 Å². The van der Waals surface area contributed by atoms with E-state index >= 15 is 0 Å². The van der Waals surface area contributed by atoms with E-state index in [-0.39, 0.29) is 29.0 Å². The number of carbonyl (C=O) groups excluding carboxylic acids is 2. The maximum Gasteiger partial charge on any atom is 0.264 e. The van der Waals surface area contributed by atoms with Crippen LogP contribution in [0.15, 0.2) is 77.7 Å². The smallest absolute Gasteiger partial charge is 0.264 e. The number of nitrogens with zero attached hydrogens (tertiary/aromatic N) is 2. The van der Waals surface area contributed by atoms with E-state index in [1.807, 2.05) is 13.8 Å². The zero-order valence-electron chi connectivity index (χ0n) is 22.4. The van der Waals surface area contributed by atoms with Crippen molar-refractivity contribution in [3.05, 3.63) is 94.8 Å². The van der Waals surface area contributed by atoms with E-state index in [4.69, 9.17) is 11.6 Å². The molecule has 3 aromatic carbocycles. The lowest BCUT2D eigenvalue weighted by molar-refractivity contribution is -0.139. The Morgan fingerprint density at radius 1 is 0.974 bits per heavy atom. The summed E-state index contributed by atoms with van der Waals surface area (Å²) in [5.74, 6) is -1.23. The molecule has 2 amide bonds. The van der Waals surface area contributed by atoms with Crippen LogP contribution in [0.25, 0.3) is 0 Å². The van der Waals surface area contributed by atoms with Crippen molar-refractivity contribution >= 4 is 39.1 Å². The normalized spacial score (nSPS) is 12.2. The molecule has 0 saturated heterocycles. The second-order valence-electron chi connectivity index (χ2n) is 9.72. The van der Waals surface area contributed by atoms with Crippen molar-refractivity contribution < 1.29 is 22.4 Å². The van der Waals surface area contributed by atoms with Gasteiger partial charge in [-0.3, -0.25) is 13.9 Å². The average molecular weight is 574 g/mol. The summed E-state index contributed by atoms with van der Waals surface area (Å²) in [5.41, 5.74) is 1.43. The van der Waals surface area contributed by atoms with Gasteiger partial charge >= 0.3 is 0 Å². The molecule has 39 heavy (non-hydrogen) atoms. The van der Waals surface area contributed by atoms with Gasteiger partial charge in [-0.25, -0.2) is 12.8 Å². The summed E-state index contributed by atoms with van der Waals surface area (Å²) in [4.78, 5) is 28.2. The fourth-order valence-corrected chi connectivity index (χ4v) is 5.56. The number of anilines is 1. The number of hydrogen-bond donors (Lipinski definition) is 1. The minimum Gasteiger partial charge on any atom is -0.354 e. The minimum absolute atomic E-state index is 0.00462. The summed E-state index contributed by atoms with van der Waals surface area (Å²) in [5, 5.41) is 3.13. The zero-order valence-corrected chi connectivity index (χ0v) is 24.0. The molecule has 0 aliphatic rings. The van der Waals surface area contributed by atoms with Crippen molar-refractivity contribution in [2.24, 2.45) is 5.92 Å². The molecule has 0 fully saturated rings. The van der Waals surface area contributed by atoms with Crippen molar-refractivity contribution in [3.63, 3.8) is 0 Å². The first-order valence-corrected chi connectivity index (χ1v) is 14.4. The number of amides is 2. The van der Waals surface area contributed by atoms with Crippen LogP contribution in [0.3, 0.4) is 0 Å². The predicted octanol–water partition coefficient (Wildman–Crippen LogP) is 5.17. The Hall–Kier alpha value is -3.43. The van der Waals surface area contributed by atoms with Gasteiger partial charge in [-0.05, 0) is 67.3 Å². The lowest BCUT2D eigenvalue weighted by Gasteiger charge is -2.32. The Balaban J connectivity index is 2.03. The Labute approximate surface area is 234 Å². The van der Waals surface area contributed by atoms with Crippen LogP contribution in [0.4, 0.5) is 10.1 Å². The molecule has 208 valence electrons. The maximum absolute atomic E-state index is 13.9. The third kappa shape index (κ3) is 7.80. The highest BCUT2D eigenvalue weighted by atomic mass is 35.5. The summed E-state index contributed by atoms with van der Waals surface area (Å²) in [6.45, 7) is 7.01. The van der Waals surface area contributed by atoms with E-state index in [9.17, 15) is 22.4 Å². The number of sulfonamides is 1. The third-order valence-electron chi connectivity index (χ3n) is 6.17. The van der Waals surface area contributed by atoms with Crippen molar-refractivity contribution in [3.8, 4) is 0 Å². The van der Waals surface area contributed by atoms with Crippen molar-refractivity contribution in [2.75, 3.05) is 17.4 Å². The van der Waals surface area contributed by atoms with Crippen LogP contribution in [0, 0.1) is 18.7 Å². The molecule has 3 aromatic rings. The summed E-state index contributed by atoms with van der Waals surface area (Å²) in [7, 11) is -4.19. The van der Waals surface area contributed by atoms with Crippen LogP contribution >= 0.6 is 11.6 Å². The molecule has 0 aliphatic carbocycles. The molecule has 1 N–H and O–H groups in total. The minimum atomic E-state index is -4.19. The van der Waals surface area contributed by atoms with Gasteiger partial charge in [0, 0.05) is 18.1 Å². The van der Waals surface area contributed by atoms with Gasteiger partial charge in [0.1, 0.15) is 18.4 Å². The predicted molar refractivity (Wildman–Crippen MR) is 151 cm³/mol. The molecule has 0 heterocycles. The number of carbonyl (C=O) groups is 2. The van der Waals surface area contributed by atoms with Crippen LogP contribution < -0.4 is 9.62 Å². The van der Waals surface area contributed by atoms with Crippen LogP contribution in [-0.4, -0.2) is 44.3 Å². The summed E-state index contributed by atoms with van der Waals surface area (Å²) in [6.07, 6.45) is 0. The zero-order chi connectivity index (χ0) is 28.7. The first-order chi connectivity index (χ1) is 18.4. The summed E-state index contributed by atoms with van der Waals surface area (Å²) >= 11 is 6.23. The van der Waals surface area contributed by atoms with Crippen LogP contribution in [-0.2, 0) is 26.2 Å². The Morgan fingerprint density at radius 2 is 1.62 bits per heavy atom. The molecule has 0 aliphatic heterocycles. The molecule has 1 unspecified atom stereocenters. The largest absolute Gasteiger partial charge is 0.354 e. The van der Waals surface area contributed by atoms with Gasteiger partial charge in [-0.15, -0.1) is 0 Å². The second kappa shape index (κ2) is 13.1. The molecule has 0 saturated carbocycles. The van der Waals surface area contributed by atoms with Crippen LogP contribution in [0.5, 0.6) is 0 Å². The SMILES string of the molecule is Cc1ccc(Cl)cc1N(CC(=O)N(Cc1ccc(F)cc1)C(C)C(=O)NCC(C)C)S(=O)(=O)c1ccccc1. The van der Waals surface area contributed by atoms with Crippen molar-refractivity contribution in [2.45, 2.75) is 45.2 Å². The van der Waals surface area contributed by atoms with E-state index in [1.165, 1.54) is 47.4 Å². The Kier molecular flexibility index (Phi) is 10.1. The molecule has 0 radical (unpaired) electrons. The lowest BCUT2D eigenvalue weighted by Crippen LogP contribution is -2.51. The molecule has 7 nitrogen and oxygen atoms in total. The Morgan fingerprint density at radius 3 is 2.23 bits per heavy atom. The highest BCUT2D eigenvalue weighted by Gasteiger charge is 2.33. The van der Waals surface area contributed by atoms with Gasteiger partial charge < -0.3 is 10.2 Å². The average Bonchev–Trinajstić information content (AvgIpc) is 2.91. The number of nitrogens with one attached hydrogen (secondary N) is 1. The lowest BCUT2D eigenvalue weighted by atomic mass is 10.1. The molecule has 0 bridgehead atoms. The maximum atomic E-state index is 13.9. The Bertz CT molecular complexity index is 1400. The highest BCUT2D eigenvalue weighted by Crippen LogP contribution is 2.30. The molecule has 3 rings (SSSR count).